The lowest BCUT2D eigenvalue weighted by Gasteiger charge is -2.16. The zero-order valence-electron chi connectivity index (χ0n) is 16.5. The van der Waals surface area contributed by atoms with Crippen molar-refractivity contribution in [2.75, 3.05) is 26.3 Å². The Hall–Kier alpha value is -2.61. The summed E-state index contributed by atoms with van der Waals surface area (Å²) >= 11 is 0. The van der Waals surface area contributed by atoms with Crippen LogP contribution in [-0.2, 0) is 17.7 Å². The van der Waals surface area contributed by atoms with Gasteiger partial charge in [-0.1, -0.05) is 17.7 Å². The topological polar surface area (TPSA) is 68.0 Å². The number of alkyl halides is 2. The van der Waals surface area contributed by atoms with Crippen molar-refractivity contribution >= 4 is 5.96 Å². The summed E-state index contributed by atoms with van der Waals surface area (Å²) in [6.07, 6.45) is 3.37. The van der Waals surface area contributed by atoms with E-state index in [4.69, 9.17) is 9.15 Å². The van der Waals surface area contributed by atoms with Crippen LogP contribution < -0.4 is 15.4 Å². The molecular weight excluding hydrogens is 380 g/mol. The largest absolute Gasteiger partial charge is 0.469 e. The zero-order chi connectivity index (χ0) is 20.5. The maximum absolute atomic E-state index is 12.7. The number of aryl methyl sites for hydroxylation is 1. The normalized spacial score (nSPS) is 17.0. The summed E-state index contributed by atoms with van der Waals surface area (Å²) in [7, 11) is 0. The molecule has 1 saturated heterocycles. The molecule has 0 aliphatic carbocycles. The minimum absolute atomic E-state index is 0.147. The number of rotatable bonds is 9. The minimum atomic E-state index is -2.87. The monoisotopic (exact) mass is 407 g/mol. The van der Waals surface area contributed by atoms with Crippen molar-refractivity contribution in [1.29, 1.82) is 0 Å². The van der Waals surface area contributed by atoms with Gasteiger partial charge in [0.2, 0.25) is 0 Å². The highest BCUT2D eigenvalue weighted by molar-refractivity contribution is 5.79. The summed E-state index contributed by atoms with van der Waals surface area (Å²) in [5.41, 5.74) is 1.57. The van der Waals surface area contributed by atoms with E-state index < -0.39 is 6.61 Å². The van der Waals surface area contributed by atoms with Gasteiger partial charge in [0.05, 0.1) is 19.4 Å². The van der Waals surface area contributed by atoms with E-state index in [1.807, 2.05) is 25.1 Å². The first-order chi connectivity index (χ1) is 14.1. The maximum Gasteiger partial charge on any atom is 0.387 e. The second kappa shape index (κ2) is 10.8. The Bertz CT molecular complexity index is 775. The van der Waals surface area contributed by atoms with Crippen molar-refractivity contribution in [3.05, 3.63) is 53.5 Å². The van der Waals surface area contributed by atoms with Crippen LogP contribution in [0.5, 0.6) is 5.75 Å². The van der Waals surface area contributed by atoms with E-state index in [1.54, 1.807) is 18.4 Å². The highest BCUT2D eigenvalue weighted by Gasteiger charge is 2.16. The molecule has 0 amide bonds. The van der Waals surface area contributed by atoms with Crippen molar-refractivity contribution in [3.8, 4) is 5.75 Å². The van der Waals surface area contributed by atoms with Crippen LogP contribution in [0.3, 0.4) is 0 Å². The van der Waals surface area contributed by atoms with E-state index in [1.165, 1.54) is 0 Å². The lowest BCUT2D eigenvalue weighted by Crippen LogP contribution is -2.40. The fourth-order valence-corrected chi connectivity index (χ4v) is 3.13. The molecule has 3 rings (SSSR count). The van der Waals surface area contributed by atoms with E-state index in [2.05, 4.69) is 20.4 Å². The summed E-state index contributed by atoms with van der Waals surface area (Å²) in [4.78, 5) is 4.58. The third-order valence-electron chi connectivity index (χ3n) is 4.67. The van der Waals surface area contributed by atoms with Gasteiger partial charge in [0, 0.05) is 37.6 Å². The van der Waals surface area contributed by atoms with E-state index >= 15 is 0 Å². The van der Waals surface area contributed by atoms with Crippen LogP contribution in [0.4, 0.5) is 8.78 Å². The molecule has 0 bridgehead atoms. The molecule has 6 nitrogen and oxygen atoms in total. The summed E-state index contributed by atoms with van der Waals surface area (Å²) in [5.74, 6) is 2.08. The van der Waals surface area contributed by atoms with Crippen molar-refractivity contribution < 1.29 is 22.7 Å². The van der Waals surface area contributed by atoms with E-state index in [-0.39, 0.29) is 12.3 Å². The molecule has 1 unspecified atom stereocenters. The molecule has 0 radical (unpaired) electrons. The van der Waals surface area contributed by atoms with Gasteiger partial charge in [0.1, 0.15) is 11.5 Å². The molecular formula is C21H27F2N3O3. The van der Waals surface area contributed by atoms with Crippen molar-refractivity contribution in [2.45, 2.75) is 32.9 Å². The molecule has 1 aromatic carbocycles. The second-order valence-electron chi connectivity index (χ2n) is 7.02. The van der Waals surface area contributed by atoms with E-state index in [0.29, 0.717) is 30.4 Å². The Labute approximate surface area is 169 Å². The molecule has 1 aliphatic rings. The number of nitrogens with zero attached hydrogens (tertiary/aromatic N) is 1. The number of hydrogen-bond donors (Lipinski definition) is 2. The number of benzene rings is 1. The molecule has 158 valence electrons. The maximum atomic E-state index is 12.7. The molecule has 1 aliphatic heterocycles. The summed E-state index contributed by atoms with van der Waals surface area (Å²) in [6, 6.07) is 8.88. The smallest absolute Gasteiger partial charge is 0.387 e. The third kappa shape index (κ3) is 7.05. The molecule has 8 heteroatoms. The first-order valence-corrected chi connectivity index (χ1v) is 9.77. The fourth-order valence-electron chi connectivity index (χ4n) is 3.13. The van der Waals surface area contributed by atoms with Crippen LogP contribution in [0.15, 0.2) is 46.0 Å². The molecule has 2 N–H and O–H groups in total. The van der Waals surface area contributed by atoms with Gasteiger partial charge in [-0.3, -0.25) is 0 Å². The summed E-state index contributed by atoms with van der Waals surface area (Å²) < 4.78 is 40.8. The molecule has 1 atom stereocenters. The standard InChI is InChI=1S/C21H27F2N3O3/c1-15-4-5-19(29-20(22)23)17(11-15)13-26-21(25-12-16-7-10-27-14-16)24-8-6-18-3-2-9-28-18/h2-5,9,11,16,20H,6-8,10,12-14H2,1H3,(H2,24,25,26). The molecule has 1 fully saturated rings. The second-order valence-corrected chi connectivity index (χ2v) is 7.02. The quantitative estimate of drug-likeness (QED) is 0.492. The van der Waals surface area contributed by atoms with Gasteiger partial charge in [-0.2, -0.15) is 8.78 Å². The average Bonchev–Trinajstić information content (AvgIpc) is 3.39. The van der Waals surface area contributed by atoms with Crippen LogP contribution in [0.2, 0.25) is 0 Å². The van der Waals surface area contributed by atoms with Gasteiger partial charge in [-0.15, -0.1) is 0 Å². The van der Waals surface area contributed by atoms with Crippen LogP contribution in [0.1, 0.15) is 23.3 Å². The average molecular weight is 407 g/mol. The van der Waals surface area contributed by atoms with E-state index in [9.17, 15) is 8.78 Å². The Balaban J connectivity index is 1.64. The molecule has 0 spiro atoms. The lowest BCUT2D eigenvalue weighted by molar-refractivity contribution is -0.0504. The van der Waals surface area contributed by atoms with Gasteiger partial charge in [0.15, 0.2) is 5.96 Å². The molecule has 1 aromatic heterocycles. The van der Waals surface area contributed by atoms with Crippen LogP contribution in [-0.4, -0.2) is 38.9 Å². The van der Waals surface area contributed by atoms with Crippen LogP contribution in [0.25, 0.3) is 0 Å². The Morgan fingerprint density at radius 1 is 1.31 bits per heavy atom. The van der Waals surface area contributed by atoms with Gasteiger partial charge in [0.25, 0.3) is 0 Å². The van der Waals surface area contributed by atoms with Crippen molar-refractivity contribution in [1.82, 2.24) is 10.6 Å². The zero-order valence-corrected chi connectivity index (χ0v) is 16.5. The number of furan rings is 1. The first-order valence-electron chi connectivity index (χ1n) is 9.77. The van der Waals surface area contributed by atoms with Crippen molar-refractivity contribution in [3.63, 3.8) is 0 Å². The van der Waals surface area contributed by atoms with E-state index in [0.717, 1.165) is 37.5 Å². The van der Waals surface area contributed by atoms with Crippen LogP contribution >= 0.6 is 0 Å². The summed E-state index contributed by atoms with van der Waals surface area (Å²) in [6.45, 7) is 2.14. The van der Waals surface area contributed by atoms with Crippen LogP contribution in [0, 0.1) is 12.8 Å². The first kappa shape index (κ1) is 21.1. The summed E-state index contributed by atoms with van der Waals surface area (Å²) in [5, 5.41) is 6.60. The molecule has 2 heterocycles. The highest BCUT2D eigenvalue weighted by atomic mass is 19.3. The molecule has 29 heavy (non-hydrogen) atoms. The lowest BCUT2D eigenvalue weighted by atomic mass is 10.1. The molecule has 2 aromatic rings. The van der Waals surface area contributed by atoms with Gasteiger partial charge in [-0.05, 0) is 31.5 Å². The Morgan fingerprint density at radius 3 is 2.93 bits per heavy atom. The van der Waals surface area contributed by atoms with Gasteiger partial charge >= 0.3 is 6.61 Å². The number of aliphatic imine (C=N–C) groups is 1. The number of ether oxygens (including phenoxy) is 2. The van der Waals surface area contributed by atoms with Crippen molar-refractivity contribution in [2.24, 2.45) is 10.9 Å². The molecule has 0 saturated carbocycles. The number of guanidine groups is 1. The minimum Gasteiger partial charge on any atom is -0.469 e. The number of nitrogens with one attached hydrogen (secondary N) is 2. The highest BCUT2D eigenvalue weighted by Crippen LogP contribution is 2.23. The Morgan fingerprint density at radius 2 is 2.21 bits per heavy atom. The van der Waals surface area contributed by atoms with Gasteiger partial charge in [-0.25, -0.2) is 4.99 Å². The predicted molar refractivity (Wildman–Crippen MR) is 106 cm³/mol. The number of hydrogen-bond acceptors (Lipinski definition) is 4. The Kier molecular flexibility index (Phi) is 7.86. The SMILES string of the molecule is Cc1ccc(OC(F)F)c(CN=C(NCCc2ccco2)NCC2CCOC2)c1. The predicted octanol–water partition coefficient (Wildman–Crippen LogP) is 3.50. The fraction of sp³-hybridized carbons (Fsp3) is 0.476. The number of halogens is 2. The van der Waals surface area contributed by atoms with Gasteiger partial charge < -0.3 is 24.5 Å². The third-order valence-corrected chi connectivity index (χ3v) is 4.67.